The van der Waals surface area contributed by atoms with Crippen LogP contribution in [0.15, 0.2) is 0 Å². The molecule has 0 spiro atoms. The molecule has 0 bridgehead atoms. The molecule has 0 saturated heterocycles. The highest BCUT2D eigenvalue weighted by molar-refractivity contribution is 7.51. The van der Waals surface area contributed by atoms with Crippen molar-refractivity contribution in [2.24, 2.45) is 5.50 Å². The SMILES string of the molecule is CCOP(N)(=O)OCC.[N-]=[N+]=[N-]. The van der Waals surface area contributed by atoms with Crippen molar-refractivity contribution in [3.63, 3.8) is 0 Å². The Kier molecular flexibility index (Phi) is 9.92. The number of rotatable bonds is 4. The molecule has 2 N–H and O–H groups in total. The van der Waals surface area contributed by atoms with E-state index in [1.54, 1.807) is 13.8 Å². The fourth-order valence-corrected chi connectivity index (χ4v) is 1.19. The molecule has 0 aliphatic carbocycles. The van der Waals surface area contributed by atoms with Crippen molar-refractivity contribution in [3.05, 3.63) is 16.0 Å². The maximum atomic E-state index is 10.7. The molecule has 8 heteroatoms. The molecular weight excluding hydrogens is 183 g/mol. The quantitative estimate of drug-likeness (QED) is 0.319. The summed E-state index contributed by atoms with van der Waals surface area (Å²) in [4.78, 5) is 1.50. The van der Waals surface area contributed by atoms with E-state index in [0.717, 1.165) is 0 Å². The van der Waals surface area contributed by atoms with Gasteiger partial charge in [0.2, 0.25) is 0 Å². The van der Waals surface area contributed by atoms with Crippen LogP contribution in [0, 0.1) is 0 Å². The Morgan fingerprint density at radius 1 is 1.33 bits per heavy atom. The van der Waals surface area contributed by atoms with Crippen LogP contribution >= 0.6 is 7.75 Å². The van der Waals surface area contributed by atoms with Gasteiger partial charge < -0.3 is 11.1 Å². The minimum atomic E-state index is -3.19. The maximum Gasteiger partial charge on any atom is 0.402 e. The highest BCUT2D eigenvalue weighted by atomic mass is 31.2. The smallest absolute Gasteiger partial charge is 0.373 e. The highest BCUT2D eigenvalue weighted by Crippen LogP contribution is 2.37. The zero-order chi connectivity index (χ0) is 10.0. The van der Waals surface area contributed by atoms with Gasteiger partial charge in [0.25, 0.3) is 0 Å². The van der Waals surface area contributed by atoms with Crippen molar-refractivity contribution in [2.45, 2.75) is 13.8 Å². The highest BCUT2D eigenvalue weighted by Gasteiger charge is 2.14. The van der Waals surface area contributed by atoms with Crippen molar-refractivity contribution in [3.8, 4) is 0 Å². The molecule has 0 aliphatic rings. The van der Waals surface area contributed by atoms with Crippen molar-refractivity contribution < 1.29 is 13.6 Å². The Hall–Kier alpha value is -0.580. The molecule has 0 aliphatic heterocycles. The van der Waals surface area contributed by atoms with Gasteiger partial charge in [0, 0.05) is 0 Å². The van der Waals surface area contributed by atoms with Gasteiger partial charge in [0.15, 0.2) is 0 Å². The molecular formula is C4H12N4O3P-. The van der Waals surface area contributed by atoms with Crippen molar-refractivity contribution in [2.75, 3.05) is 13.2 Å². The summed E-state index contributed by atoms with van der Waals surface area (Å²) < 4.78 is 19.9. The molecule has 0 amide bonds. The first-order chi connectivity index (χ1) is 5.54. The number of nitrogens with zero attached hydrogens (tertiary/aromatic N) is 3. The predicted molar refractivity (Wildman–Crippen MR) is 45.1 cm³/mol. The summed E-state index contributed by atoms with van der Waals surface area (Å²) in [6.45, 7) is 4.04. The molecule has 0 rings (SSSR count). The average molecular weight is 195 g/mol. The minimum absolute atomic E-state index is 0.313. The van der Waals surface area contributed by atoms with E-state index in [0.29, 0.717) is 13.2 Å². The molecule has 72 valence electrons. The van der Waals surface area contributed by atoms with Crippen LogP contribution in [-0.2, 0) is 13.6 Å². The third-order valence-electron chi connectivity index (χ3n) is 0.618. The molecule has 0 aromatic rings. The van der Waals surface area contributed by atoms with Crippen LogP contribution < -0.4 is 5.50 Å². The van der Waals surface area contributed by atoms with Gasteiger partial charge >= 0.3 is 7.75 Å². The van der Waals surface area contributed by atoms with Gasteiger partial charge in [-0.2, -0.15) is 0 Å². The topological polar surface area (TPSA) is 120 Å². The standard InChI is InChI=1S/C4H12NO3P.N3/c1-3-7-9(5,6)8-4-2;1-3-2/h3-4H2,1-2H3,(H2,5,6);/q;-1. The van der Waals surface area contributed by atoms with Crippen molar-refractivity contribution in [1.82, 2.24) is 0 Å². The van der Waals surface area contributed by atoms with E-state index in [1.807, 2.05) is 0 Å². The molecule has 7 nitrogen and oxygen atoms in total. The first-order valence-electron chi connectivity index (χ1n) is 3.20. The monoisotopic (exact) mass is 195 g/mol. The Morgan fingerprint density at radius 3 is 1.75 bits per heavy atom. The largest absolute Gasteiger partial charge is 0.402 e. The molecule has 12 heavy (non-hydrogen) atoms. The molecule has 0 fully saturated rings. The third kappa shape index (κ3) is 12.1. The van der Waals surface area contributed by atoms with E-state index in [-0.39, 0.29) is 0 Å². The van der Waals surface area contributed by atoms with E-state index in [9.17, 15) is 4.57 Å². The van der Waals surface area contributed by atoms with Crippen LogP contribution in [0.4, 0.5) is 0 Å². The molecule has 0 heterocycles. The lowest BCUT2D eigenvalue weighted by atomic mass is 10.9. The van der Waals surface area contributed by atoms with Crippen LogP contribution in [0.25, 0.3) is 16.0 Å². The lowest BCUT2D eigenvalue weighted by molar-refractivity contribution is 0.221. The van der Waals surface area contributed by atoms with Crippen LogP contribution in [0.5, 0.6) is 0 Å². The average Bonchev–Trinajstić information content (AvgIpc) is 1.88. The van der Waals surface area contributed by atoms with Crippen molar-refractivity contribution in [1.29, 1.82) is 0 Å². The molecule has 0 atom stereocenters. The zero-order valence-electron chi connectivity index (χ0n) is 7.01. The third-order valence-corrected chi connectivity index (χ3v) is 1.85. The first kappa shape index (κ1) is 14.0. The van der Waals surface area contributed by atoms with E-state index >= 15 is 0 Å². The Labute approximate surface area is 70.8 Å². The summed E-state index contributed by atoms with van der Waals surface area (Å²) >= 11 is 0. The molecule has 0 aromatic carbocycles. The van der Waals surface area contributed by atoms with Crippen LogP contribution in [0.3, 0.4) is 0 Å². The summed E-state index contributed by atoms with van der Waals surface area (Å²) in [6, 6.07) is 0. The summed E-state index contributed by atoms with van der Waals surface area (Å²) in [6.07, 6.45) is 0. The molecule has 0 unspecified atom stereocenters. The van der Waals surface area contributed by atoms with Gasteiger partial charge in [-0.15, -0.1) is 0 Å². The van der Waals surface area contributed by atoms with Gasteiger partial charge in [-0.3, -0.25) is 14.0 Å². The summed E-state index contributed by atoms with van der Waals surface area (Å²) in [5, 5.41) is 0. The summed E-state index contributed by atoms with van der Waals surface area (Å²) in [5.74, 6) is 0. The normalized spacial score (nSPS) is 9.58. The Bertz CT molecular complexity index is 169. The number of nitrogens with two attached hydrogens (primary N) is 1. The van der Waals surface area contributed by atoms with Gasteiger partial charge in [-0.1, -0.05) is 0 Å². The summed E-state index contributed by atoms with van der Waals surface area (Å²) in [7, 11) is -3.19. The lowest BCUT2D eigenvalue weighted by Crippen LogP contribution is -2.03. The predicted octanol–water partition coefficient (Wildman–Crippen LogP) is 1.99. The number of hydrogen-bond acceptors (Lipinski definition) is 3. The van der Waals surface area contributed by atoms with E-state index < -0.39 is 7.75 Å². The second-order valence-corrected chi connectivity index (χ2v) is 3.06. The maximum absolute atomic E-state index is 10.7. The first-order valence-corrected chi connectivity index (χ1v) is 4.81. The Morgan fingerprint density at radius 2 is 1.58 bits per heavy atom. The van der Waals surface area contributed by atoms with Gasteiger partial charge in [-0.25, -0.2) is 10.1 Å². The Balaban J connectivity index is 0. The van der Waals surface area contributed by atoms with Gasteiger partial charge in [0.05, 0.1) is 13.2 Å². The van der Waals surface area contributed by atoms with Gasteiger partial charge in [0.1, 0.15) is 0 Å². The van der Waals surface area contributed by atoms with Crippen LogP contribution in [0.2, 0.25) is 0 Å². The van der Waals surface area contributed by atoms with Gasteiger partial charge in [-0.05, 0) is 13.8 Å². The fourth-order valence-electron chi connectivity index (χ4n) is 0.397. The van der Waals surface area contributed by atoms with E-state index in [1.165, 1.54) is 4.91 Å². The zero-order valence-corrected chi connectivity index (χ0v) is 7.90. The number of hydrogen-bond donors (Lipinski definition) is 1. The summed E-state index contributed by atoms with van der Waals surface area (Å²) in [5.41, 5.74) is 18.5. The molecule has 0 aromatic heterocycles. The van der Waals surface area contributed by atoms with Crippen LogP contribution in [0.1, 0.15) is 13.8 Å². The van der Waals surface area contributed by atoms with Crippen LogP contribution in [-0.4, -0.2) is 13.2 Å². The second-order valence-electron chi connectivity index (χ2n) is 1.46. The van der Waals surface area contributed by atoms with Crippen molar-refractivity contribution >= 4 is 7.75 Å². The second kappa shape index (κ2) is 8.52. The van der Waals surface area contributed by atoms with E-state index in [2.05, 4.69) is 9.05 Å². The minimum Gasteiger partial charge on any atom is -0.373 e. The molecule has 0 saturated carbocycles. The fraction of sp³-hybridized carbons (Fsp3) is 1.00. The lowest BCUT2D eigenvalue weighted by Gasteiger charge is -2.09. The van der Waals surface area contributed by atoms with E-state index in [4.69, 9.17) is 16.6 Å². The molecule has 0 radical (unpaired) electrons.